The number of nitrogens with one attached hydrogen (secondary N) is 2. The lowest BCUT2D eigenvalue weighted by atomic mass is 10.1. The van der Waals surface area contributed by atoms with Gasteiger partial charge >= 0.3 is 6.18 Å². The second-order valence-electron chi connectivity index (χ2n) is 5.63. The molecule has 1 atom stereocenters. The molecule has 0 heterocycles. The van der Waals surface area contributed by atoms with Crippen LogP contribution in [0.25, 0.3) is 6.08 Å². The number of alkyl halides is 3. The van der Waals surface area contributed by atoms with Gasteiger partial charge in [-0.05, 0) is 42.8 Å². The zero-order valence-corrected chi connectivity index (χ0v) is 14.6. The minimum Gasteiger partial charge on any atom is -0.478 e. The number of rotatable bonds is 5. The molecule has 0 saturated carbocycles. The molecule has 2 aromatic rings. The van der Waals surface area contributed by atoms with Crippen molar-refractivity contribution in [1.82, 2.24) is 10.9 Å². The summed E-state index contributed by atoms with van der Waals surface area (Å²) in [6.45, 7) is 1.35. The molecule has 0 spiro atoms. The minimum atomic E-state index is -4.49. The van der Waals surface area contributed by atoms with E-state index in [0.29, 0.717) is 0 Å². The highest BCUT2D eigenvalue weighted by Crippen LogP contribution is 2.29. The van der Waals surface area contributed by atoms with Crippen molar-refractivity contribution in [2.75, 3.05) is 0 Å². The number of carbonyl (C=O) groups excluding carboxylic acids is 2. The molecule has 5 nitrogen and oxygen atoms in total. The van der Waals surface area contributed by atoms with E-state index in [2.05, 4.69) is 10.9 Å². The maximum absolute atomic E-state index is 13.5. The molecule has 28 heavy (non-hydrogen) atoms. The predicted octanol–water partition coefficient (Wildman–Crippen LogP) is 3.47. The number of amides is 2. The molecule has 0 aliphatic heterocycles. The van der Waals surface area contributed by atoms with Gasteiger partial charge in [-0.15, -0.1) is 0 Å². The molecule has 0 fully saturated rings. The molecule has 2 amide bonds. The third-order valence-electron chi connectivity index (χ3n) is 3.46. The highest BCUT2D eigenvalue weighted by molar-refractivity contribution is 5.93. The van der Waals surface area contributed by atoms with Crippen LogP contribution in [0, 0.1) is 5.82 Å². The van der Waals surface area contributed by atoms with Crippen molar-refractivity contribution < 1.29 is 31.9 Å². The number of hydrogen-bond acceptors (Lipinski definition) is 3. The second-order valence-corrected chi connectivity index (χ2v) is 5.63. The summed E-state index contributed by atoms with van der Waals surface area (Å²) in [5, 5.41) is 0. The van der Waals surface area contributed by atoms with Crippen molar-refractivity contribution >= 4 is 17.9 Å². The van der Waals surface area contributed by atoms with Gasteiger partial charge in [0.2, 0.25) is 0 Å². The van der Waals surface area contributed by atoms with Crippen molar-refractivity contribution in [3.8, 4) is 5.75 Å². The molecule has 0 aliphatic carbocycles. The fraction of sp³-hybridized carbons (Fsp3) is 0.158. The average molecular weight is 396 g/mol. The number of hydrogen-bond donors (Lipinski definition) is 2. The second kappa shape index (κ2) is 9.03. The third kappa shape index (κ3) is 6.11. The first kappa shape index (κ1) is 20.9. The van der Waals surface area contributed by atoms with Gasteiger partial charge in [-0.25, -0.2) is 4.39 Å². The number of hydrazine groups is 1. The summed E-state index contributed by atoms with van der Waals surface area (Å²) >= 11 is 0. The monoisotopic (exact) mass is 396 g/mol. The van der Waals surface area contributed by atoms with Crippen LogP contribution in [0.3, 0.4) is 0 Å². The van der Waals surface area contributed by atoms with Gasteiger partial charge in [0.25, 0.3) is 11.8 Å². The van der Waals surface area contributed by atoms with E-state index in [1.165, 1.54) is 43.3 Å². The smallest absolute Gasteiger partial charge is 0.416 e. The van der Waals surface area contributed by atoms with E-state index in [0.717, 1.165) is 24.3 Å². The van der Waals surface area contributed by atoms with E-state index < -0.39 is 35.5 Å². The highest BCUT2D eigenvalue weighted by atomic mass is 19.4. The summed E-state index contributed by atoms with van der Waals surface area (Å²) in [6.07, 6.45) is -3.48. The molecule has 0 aliphatic rings. The Morgan fingerprint density at radius 2 is 1.79 bits per heavy atom. The lowest BCUT2D eigenvalue weighted by Gasteiger charge is -2.15. The van der Waals surface area contributed by atoms with Crippen LogP contribution in [0.15, 0.2) is 54.6 Å². The van der Waals surface area contributed by atoms with Gasteiger partial charge in [0.1, 0.15) is 0 Å². The van der Waals surface area contributed by atoms with E-state index in [1.54, 1.807) is 0 Å². The summed E-state index contributed by atoms with van der Waals surface area (Å²) < 4.78 is 56.6. The fourth-order valence-corrected chi connectivity index (χ4v) is 2.04. The van der Waals surface area contributed by atoms with Crippen LogP contribution in [-0.2, 0) is 15.8 Å². The fourth-order valence-electron chi connectivity index (χ4n) is 2.04. The SMILES string of the molecule is CC(Oc1ccccc1F)C(=O)NNC(=O)C=Cc1cccc(C(F)(F)F)c1. The predicted molar refractivity (Wildman–Crippen MR) is 93.3 cm³/mol. The molecule has 9 heteroatoms. The Labute approximate surface area is 158 Å². The zero-order chi connectivity index (χ0) is 20.7. The van der Waals surface area contributed by atoms with E-state index in [1.807, 2.05) is 0 Å². The molecule has 0 saturated heterocycles. The molecule has 1 unspecified atom stereocenters. The van der Waals surface area contributed by atoms with Gasteiger partial charge in [-0.3, -0.25) is 20.4 Å². The Morgan fingerprint density at radius 1 is 1.07 bits per heavy atom. The summed E-state index contributed by atoms with van der Waals surface area (Å²) in [5.74, 6) is -2.29. The van der Waals surface area contributed by atoms with Gasteiger partial charge < -0.3 is 4.74 Å². The summed E-state index contributed by atoms with van der Waals surface area (Å²) in [5.41, 5.74) is 3.45. The molecule has 2 rings (SSSR count). The Hall–Kier alpha value is -3.36. The largest absolute Gasteiger partial charge is 0.478 e. The van der Waals surface area contributed by atoms with Crippen LogP contribution in [0.4, 0.5) is 17.6 Å². The molecule has 2 N–H and O–H groups in total. The summed E-state index contributed by atoms with van der Waals surface area (Å²) in [4.78, 5) is 23.6. The van der Waals surface area contributed by atoms with Gasteiger partial charge in [-0.2, -0.15) is 13.2 Å². The van der Waals surface area contributed by atoms with Crippen LogP contribution in [0.2, 0.25) is 0 Å². The van der Waals surface area contributed by atoms with Gasteiger partial charge in [0.15, 0.2) is 17.7 Å². The summed E-state index contributed by atoms with van der Waals surface area (Å²) in [7, 11) is 0. The lowest BCUT2D eigenvalue weighted by Crippen LogP contribution is -2.46. The number of para-hydroxylation sites is 1. The van der Waals surface area contributed by atoms with Crippen LogP contribution in [0.5, 0.6) is 5.75 Å². The maximum atomic E-state index is 13.5. The van der Waals surface area contributed by atoms with E-state index in [-0.39, 0.29) is 11.3 Å². The first-order valence-corrected chi connectivity index (χ1v) is 8.03. The molecule has 0 aromatic heterocycles. The first-order valence-electron chi connectivity index (χ1n) is 8.03. The Morgan fingerprint density at radius 3 is 2.46 bits per heavy atom. The topological polar surface area (TPSA) is 67.4 Å². The molecule has 0 bridgehead atoms. The van der Waals surface area contributed by atoms with E-state index in [9.17, 15) is 27.2 Å². The highest BCUT2D eigenvalue weighted by Gasteiger charge is 2.30. The third-order valence-corrected chi connectivity index (χ3v) is 3.46. The van der Waals surface area contributed by atoms with Crippen molar-refractivity contribution in [1.29, 1.82) is 0 Å². The average Bonchev–Trinajstić information content (AvgIpc) is 2.65. The summed E-state index contributed by atoms with van der Waals surface area (Å²) in [6, 6.07) is 9.90. The number of benzene rings is 2. The normalized spacial score (nSPS) is 12.5. The standard InChI is InChI=1S/C19H16F4N2O3/c1-12(28-16-8-3-2-7-15(16)20)18(27)25-24-17(26)10-9-13-5-4-6-14(11-13)19(21,22)23/h2-12H,1H3,(H,24,26)(H,25,27). The van der Waals surface area contributed by atoms with Crippen molar-refractivity contribution in [3.05, 3.63) is 71.6 Å². The quantitative estimate of drug-likeness (QED) is 0.462. The van der Waals surface area contributed by atoms with Crippen LogP contribution >= 0.6 is 0 Å². The van der Waals surface area contributed by atoms with E-state index in [4.69, 9.17) is 4.74 Å². The maximum Gasteiger partial charge on any atom is 0.416 e. The Balaban J connectivity index is 1.87. The van der Waals surface area contributed by atoms with Crippen LogP contribution in [-0.4, -0.2) is 17.9 Å². The van der Waals surface area contributed by atoms with Crippen molar-refractivity contribution in [3.63, 3.8) is 0 Å². The van der Waals surface area contributed by atoms with Crippen LogP contribution < -0.4 is 15.6 Å². The Bertz CT molecular complexity index is 881. The van der Waals surface area contributed by atoms with E-state index >= 15 is 0 Å². The van der Waals surface area contributed by atoms with Gasteiger partial charge in [-0.1, -0.05) is 24.3 Å². The molecule has 148 valence electrons. The minimum absolute atomic E-state index is 0.124. The lowest BCUT2D eigenvalue weighted by molar-refractivity contribution is -0.137. The molecular weight excluding hydrogens is 380 g/mol. The van der Waals surface area contributed by atoms with Gasteiger partial charge in [0.05, 0.1) is 5.56 Å². The van der Waals surface area contributed by atoms with Crippen LogP contribution in [0.1, 0.15) is 18.1 Å². The number of halogens is 4. The first-order chi connectivity index (χ1) is 13.2. The molecular formula is C19H16F4N2O3. The Kier molecular flexibility index (Phi) is 6.75. The zero-order valence-electron chi connectivity index (χ0n) is 14.6. The van der Waals surface area contributed by atoms with Crippen molar-refractivity contribution in [2.45, 2.75) is 19.2 Å². The van der Waals surface area contributed by atoms with Gasteiger partial charge in [0, 0.05) is 6.08 Å². The molecule has 2 aromatic carbocycles. The molecule has 0 radical (unpaired) electrons. The number of ether oxygens (including phenoxy) is 1. The van der Waals surface area contributed by atoms with Crippen molar-refractivity contribution in [2.24, 2.45) is 0 Å². The number of carbonyl (C=O) groups is 2.